The minimum absolute atomic E-state index is 0.0711. The molecule has 6 rings (SSSR count). The van der Waals surface area contributed by atoms with Gasteiger partial charge in [-0.3, -0.25) is 0 Å². The smallest absolute Gasteiger partial charge is 0.405 e. The first-order valence-corrected chi connectivity index (χ1v) is 19.5. The van der Waals surface area contributed by atoms with Gasteiger partial charge in [-0.1, -0.05) is 52.4 Å². The third-order valence-corrected chi connectivity index (χ3v) is 10.8. The zero-order valence-corrected chi connectivity index (χ0v) is 31.9. The zero-order chi connectivity index (χ0) is 37.7. The quantitative estimate of drug-likeness (QED) is 0.102. The van der Waals surface area contributed by atoms with Crippen LogP contribution in [-0.4, -0.2) is 43.3 Å². The Labute approximate surface area is 316 Å². The molecular formula is C38H55Cl3N2O8. The van der Waals surface area contributed by atoms with Crippen molar-refractivity contribution >= 4 is 47.0 Å². The molecule has 4 aliphatic rings. The fourth-order valence-corrected chi connectivity index (χ4v) is 8.11. The van der Waals surface area contributed by atoms with Gasteiger partial charge in [0.25, 0.3) is 0 Å². The van der Waals surface area contributed by atoms with E-state index in [2.05, 4.69) is 0 Å². The molecule has 0 saturated heterocycles. The summed E-state index contributed by atoms with van der Waals surface area (Å²) in [6.07, 6.45) is 5.91. The minimum Gasteiger partial charge on any atom is -0.508 e. The molecule has 0 heterocycles. The molecule has 8 N–H and O–H groups in total. The first-order valence-electron chi connectivity index (χ1n) is 18.1. The van der Waals surface area contributed by atoms with E-state index in [9.17, 15) is 30.0 Å². The Hall–Kier alpha value is -2.95. The predicted molar refractivity (Wildman–Crippen MR) is 201 cm³/mol. The summed E-state index contributed by atoms with van der Waals surface area (Å²) in [5.41, 5.74) is 12.7. The third kappa shape index (κ3) is 12.9. The minimum atomic E-state index is -0.961. The first-order chi connectivity index (χ1) is 24.2. The van der Waals surface area contributed by atoms with E-state index in [4.69, 9.17) is 55.7 Å². The second-order valence-corrected chi connectivity index (χ2v) is 15.7. The van der Waals surface area contributed by atoms with Gasteiger partial charge in [-0.2, -0.15) is 0 Å². The lowest BCUT2D eigenvalue weighted by molar-refractivity contribution is 0.0683. The average molecular weight is 774 g/mol. The van der Waals surface area contributed by atoms with Crippen molar-refractivity contribution in [2.45, 2.75) is 133 Å². The molecule has 0 aliphatic heterocycles. The summed E-state index contributed by atoms with van der Waals surface area (Å²) in [7, 11) is 0. The number of primary amides is 2. The van der Waals surface area contributed by atoms with Gasteiger partial charge in [0.05, 0.1) is 0 Å². The number of aromatic hydroxyl groups is 4. The number of hydrogen-bond acceptors (Lipinski definition) is 8. The molecule has 0 aromatic heterocycles. The summed E-state index contributed by atoms with van der Waals surface area (Å²) in [5.74, 6) is -0.684. The monoisotopic (exact) mass is 772 g/mol. The van der Waals surface area contributed by atoms with Crippen LogP contribution in [0.2, 0.25) is 0 Å². The van der Waals surface area contributed by atoms with Crippen molar-refractivity contribution < 1.29 is 39.5 Å². The fraction of sp³-hybridized carbons (Fsp3) is 0.632. The number of halogens is 3. The van der Waals surface area contributed by atoms with Gasteiger partial charge >= 0.3 is 12.2 Å². The fourth-order valence-electron chi connectivity index (χ4n) is 7.62. The largest absolute Gasteiger partial charge is 0.508 e. The number of alkyl halides is 3. The number of carbonyl (C=O) groups excluding carboxylic acids is 2. The molecule has 4 bridgehead atoms. The third-order valence-electron chi connectivity index (χ3n) is 10.1. The highest BCUT2D eigenvalue weighted by Crippen LogP contribution is 2.46. The van der Waals surface area contributed by atoms with Crippen molar-refractivity contribution in [2.75, 3.05) is 5.88 Å². The molecule has 10 nitrogen and oxygen atoms in total. The molecule has 0 unspecified atom stereocenters. The average Bonchev–Trinajstić information content (AvgIpc) is 3.04. The summed E-state index contributed by atoms with van der Waals surface area (Å²) in [4.78, 5) is 23.5. The van der Waals surface area contributed by atoms with Gasteiger partial charge in [0, 0.05) is 28.1 Å². The molecule has 2 aromatic carbocycles. The summed E-state index contributed by atoms with van der Waals surface area (Å²) < 4.78 is 11.1. The van der Waals surface area contributed by atoms with Crippen LogP contribution in [0.15, 0.2) is 24.3 Å². The zero-order valence-electron chi connectivity index (χ0n) is 29.7. The SMILES string of the molecule is C[C@H]1CCCC[C@@H](CCCCCl)c2c(O)cc(cc2O)[C@H](OC(N)=O)[C@@H](C)CCCC[C@H](CCCC(Cl)Cl)c2c(O)cc(cc2O)[C@@H]1OC(N)=O. The summed E-state index contributed by atoms with van der Waals surface area (Å²) in [6, 6.07) is 6.19. The molecule has 0 fully saturated rings. The van der Waals surface area contributed by atoms with Crippen molar-refractivity contribution in [2.24, 2.45) is 23.3 Å². The number of phenols is 4. The van der Waals surface area contributed by atoms with E-state index in [1.165, 1.54) is 0 Å². The van der Waals surface area contributed by atoms with Crippen LogP contribution in [0.4, 0.5) is 9.59 Å². The van der Waals surface area contributed by atoms with Gasteiger partial charge in [0.15, 0.2) is 0 Å². The highest BCUT2D eigenvalue weighted by atomic mass is 35.5. The molecule has 0 saturated carbocycles. The van der Waals surface area contributed by atoms with Crippen LogP contribution in [0.3, 0.4) is 0 Å². The Balaban J connectivity index is 2.04. The lowest BCUT2D eigenvalue weighted by Crippen LogP contribution is -2.22. The van der Waals surface area contributed by atoms with E-state index in [-0.39, 0.29) is 46.7 Å². The Kier molecular flexibility index (Phi) is 17.4. The van der Waals surface area contributed by atoms with Crippen LogP contribution in [0.1, 0.15) is 150 Å². The molecule has 51 heavy (non-hydrogen) atoms. The highest BCUT2D eigenvalue weighted by molar-refractivity contribution is 6.44. The molecule has 2 amide bonds. The van der Waals surface area contributed by atoms with Crippen LogP contribution in [0.25, 0.3) is 0 Å². The molecule has 4 aliphatic carbocycles. The molecule has 6 atom stereocenters. The number of carbonyl (C=O) groups is 2. The molecule has 0 radical (unpaired) electrons. The Morgan fingerprint density at radius 2 is 1.06 bits per heavy atom. The van der Waals surface area contributed by atoms with E-state index >= 15 is 0 Å². The number of rotatable bonds is 10. The van der Waals surface area contributed by atoms with Crippen LogP contribution in [0, 0.1) is 11.8 Å². The topological polar surface area (TPSA) is 186 Å². The lowest BCUT2D eigenvalue weighted by atomic mass is 9.83. The van der Waals surface area contributed by atoms with Gasteiger partial charge in [-0.05, 0) is 99.3 Å². The summed E-state index contributed by atoms with van der Waals surface area (Å²) in [5, 5.41) is 45.3. The lowest BCUT2D eigenvalue weighted by Gasteiger charge is -2.28. The van der Waals surface area contributed by atoms with Gasteiger partial charge in [-0.15, -0.1) is 34.8 Å². The molecule has 2 aromatic rings. The number of unbranched alkanes of at least 4 members (excludes halogenated alkanes) is 1. The number of phenolic OH excluding ortho intramolecular Hbond substituents is 4. The Morgan fingerprint density at radius 3 is 1.41 bits per heavy atom. The number of hydrogen-bond donors (Lipinski definition) is 6. The van der Waals surface area contributed by atoms with E-state index in [0.29, 0.717) is 92.3 Å². The van der Waals surface area contributed by atoms with Crippen molar-refractivity contribution in [3.8, 4) is 23.0 Å². The van der Waals surface area contributed by atoms with Crippen LogP contribution in [-0.2, 0) is 9.47 Å². The van der Waals surface area contributed by atoms with Gasteiger partial charge < -0.3 is 41.4 Å². The maximum absolute atomic E-state index is 12.0. The van der Waals surface area contributed by atoms with Crippen molar-refractivity contribution in [3.05, 3.63) is 46.5 Å². The standard InChI is InChI=1S/C38H55Cl3N2O8/c1-22-10-3-5-12-24(14-7-8-17-39)33-28(44)18-26(19-29(33)45)35(50-37(42)48)23(2)11-4-6-13-25(15-9-16-32(40)41)34-30(46)20-27(21-31(34)47)36(22)51-38(43)49/h18-25,32,35-36,44-47H,3-17H2,1-2H3,(H2,42,48)(H2,43,49)/t22-,23-,24-,25+,35+,36+/m0/s1. The molecule has 13 heteroatoms. The van der Waals surface area contributed by atoms with Gasteiger partial charge in [0.1, 0.15) is 40.0 Å². The summed E-state index contributed by atoms with van der Waals surface area (Å²) in [6.45, 7) is 3.84. The predicted octanol–water partition coefficient (Wildman–Crippen LogP) is 10.4. The summed E-state index contributed by atoms with van der Waals surface area (Å²) >= 11 is 18.0. The van der Waals surface area contributed by atoms with Crippen LogP contribution in [0.5, 0.6) is 23.0 Å². The Morgan fingerprint density at radius 1 is 0.686 bits per heavy atom. The van der Waals surface area contributed by atoms with E-state index in [0.717, 1.165) is 25.7 Å². The maximum Gasteiger partial charge on any atom is 0.405 e. The second kappa shape index (κ2) is 20.9. The highest BCUT2D eigenvalue weighted by Gasteiger charge is 2.30. The number of ether oxygens (including phenoxy) is 2. The van der Waals surface area contributed by atoms with Gasteiger partial charge in [-0.25, -0.2) is 9.59 Å². The second-order valence-electron chi connectivity index (χ2n) is 14.1. The molecule has 286 valence electrons. The van der Waals surface area contributed by atoms with Crippen molar-refractivity contribution in [1.82, 2.24) is 0 Å². The number of benzene rings is 2. The maximum atomic E-state index is 12.0. The van der Waals surface area contributed by atoms with Gasteiger partial charge in [0.2, 0.25) is 0 Å². The number of nitrogens with two attached hydrogens (primary N) is 2. The Bertz CT molecular complexity index is 1380. The first kappa shape index (κ1) is 42.5. The van der Waals surface area contributed by atoms with Crippen LogP contribution >= 0.6 is 34.8 Å². The van der Waals surface area contributed by atoms with E-state index < -0.39 is 29.2 Å². The van der Waals surface area contributed by atoms with Crippen LogP contribution < -0.4 is 11.5 Å². The van der Waals surface area contributed by atoms with E-state index in [1.54, 1.807) is 24.3 Å². The van der Waals surface area contributed by atoms with E-state index in [1.807, 2.05) is 13.8 Å². The molecular weight excluding hydrogens is 719 g/mol. The van der Waals surface area contributed by atoms with Crippen molar-refractivity contribution in [3.63, 3.8) is 0 Å². The molecule has 0 spiro atoms. The normalized spacial score (nSPS) is 23.7. The number of amides is 2. The van der Waals surface area contributed by atoms with Crippen molar-refractivity contribution in [1.29, 1.82) is 0 Å².